The van der Waals surface area contributed by atoms with Crippen LogP contribution in [0.4, 0.5) is 5.69 Å². The Morgan fingerprint density at radius 2 is 1.97 bits per heavy atom. The molecule has 7 heteroatoms. The first-order valence-electron chi connectivity index (χ1n) is 10.4. The number of piperidine rings is 1. The van der Waals surface area contributed by atoms with Crippen LogP contribution >= 0.6 is 11.3 Å². The van der Waals surface area contributed by atoms with Crippen LogP contribution in [-0.4, -0.2) is 39.5 Å². The molecule has 1 amide bonds. The fourth-order valence-electron chi connectivity index (χ4n) is 4.02. The normalized spacial score (nSPS) is 16.7. The van der Waals surface area contributed by atoms with Crippen molar-refractivity contribution in [2.45, 2.75) is 38.8 Å². The first kappa shape index (κ1) is 21.2. The zero-order chi connectivity index (χ0) is 21.8. The minimum absolute atomic E-state index is 0.252. The van der Waals surface area contributed by atoms with Gasteiger partial charge in [-0.15, -0.1) is 11.3 Å². The van der Waals surface area contributed by atoms with Gasteiger partial charge in [0.2, 0.25) is 0 Å². The highest BCUT2D eigenvalue weighted by atomic mass is 32.1. The number of thiazole rings is 1. The second-order valence-electron chi connectivity index (χ2n) is 7.75. The lowest BCUT2D eigenvalue weighted by Gasteiger charge is -2.32. The molecular formula is C24H25N3O3S. The molecule has 4 rings (SSSR count). The molecule has 31 heavy (non-hydrogen) atoms. The van der Waals surface area contributed by atoms with Gasteiger partial charge in [-0.2, -0.15) is 0 Å². The molecule has 0 spiro atoms. The summed E-state index contributed by atoms with van der Waals surface area (Å²) >= 11 is 1.32. The van der Waals surface area contributed by atoms with Gasteiger partial charge in [0.25, 0.3) is 5.91 Å². The summed E-state index contributed by atoms with van der Waals surface area (Å²) < 4.78 is 0. The zero-order valence-corrected chi connectivity index (χ0v) is 18.2. The number of likely N-dealkylation sites (tertiary alicyclic amines) is 1. The molecule has 1 atom stereocenters. The van der Waals surface area contributed by atoms with Crippen molar-refractivity contribution >= 4 is 28.9 Å². The Morgan fingerprint density at radius 3 is 2.74 bits per heavy atom. The Hall–Kier alpha value is -3.03. The lowest BCUT2D eigenvalue weighted by Crippen LogP contribution is -2.43. The van der Waals surface area contributed by atoms with Crippen LogP contribution in [0.15, 0.2) is 54.7 Å². The van der Waals surface area contributed by atoms with E-state index >= 15 is 0 Å². The first-order valence-corrected chi connectivity index (χ1v) is 11.2. The van der Waals surface area contributed by atoms with E-state index in [0.717, 1.165) is 46.6 Å². The molecule has 0 aliphatic carbocycles. The summed E-state index contributed by atoms with van der Waals surface area (Å²) in [4.78, 5) is 31.5. The number of carboxylic acid groups (broad SMARTS) is 1. The van der Waals surface area contributed by atoms with Gasteiger partial charge >= 0.3 is 5.97 Å². The number of carbonyl (C=O) groups excluding carboxylic acids is 1. The third-order valence-electron chi connectivity index (χ3n) is 5.67. The van der Waals surface area contributed by atoms with Crippen LogP contribution in [0.3, 0.4) is 0 Å². The summed E-state index contributed by atoms with van der Waals surface area (Å²) in [7, 11) is 0. The van der Waals surface area contributed by atoms with Crippen molar-refractivity contribution in [1.29, 1.82) is 0 Å². The van der Waals surface area contributed by atoms with Crippen molar-refractivity contribution < 1.29 is 14.7 Å². The van der Waals surface area contributed by atoms with Gasteiger partial charge in [0.15, 0.2) is 5.01 Å². The maximum Gasteiger partial charge on any atom is 0.320 e. The third-order valence-corrected chi connectivity index (χ3v) is 6.65. The molecule has 1 fully saturated rings. The van der Waals surface area contributed by atoms with Gasteiger partial charge < -0.3 is 10.4 Å². The van der Waals surface area contributed by atoms with Gasteiger partial charge in [-0.1, -0.05) is 48.9 Å². The van der Waals surface area contributed by atoms with Crippen molar-refractivity contribution in [3.8, 4) is 11.1 Å². The summed E-state index contributed by atoms with van der Waals surface area (Å²) in [6.07, 6.45) is 4.27. The fraction of sp³-hybridized carbons (Fsp3) is 0.292. The predicted octanol–water partition coefficient (Wildman–Crippen LogP) is 4.81. The van der Waals surface area contributed by atoms with Crippen LogP contribution < -0.4 is 5.32 Å². The van der Waals surface area contributed by atoms with E-state index in [0.29, 0.717) is 18.0 Å². The number of hydrogen-bond acceptors (Lipinski definition) is 5. The second-order valence-corrected chi connectivity index (χ2v) is 8.87. The van der Waals surface area contributed by atoms with Gasteiger partial charge in [0, 0.05) is 23.3 Å². The van der Waals surface area contributed by atoms with Gasteiger partial charge in [0.05, 0.1) is 0 Å². The standard InChI is InChI=1S/C24H25N3O3S/c1-16-19(17-8-3-2-4-9-17)10-7-11-20(16)26-22(28)23-25-14-18(31-23)15-27-13-6-5-12-21(27)24(29)30/h2-4,7-11,14,21H,5-6,12-13,15H2,1H3,(H,26,28)(H,29,30). The van der Waals surface area contributed by atoms with Gasteiger partial charge in [-0.05, 0) is 49.1 Å². The highest BCUT2D eigenvalue weighted by Crippen LogP contribution is 2.29. The average Bonchev–Trinajstić information content (AvgIpc) is 3.25. The van der Waals surface area contributed by atoms with Crippen molar-refractivity contribution in [2.75, 3.05) is 11.9 Å². The zero-order valence-electron chi connectivity index (χ0n) is 17.4. The van der Waals surface area contributed by atoms with Crippen LogP contribution in [0, 0.1) is 6.92 Å². The minimum atomic E-state index is -0.782. The monoisotopic (exact) mass is 435 g/mol. The molecule has 3 aromatic rings. The highest BCUT2D eigenvalue weighted by molar-refractivity contribution is 7.13. The summed E-state index contributed by atoms with van der Waals surface area (Å²) in [6, 6.07) is 15.5. The maximum absolute atomic E-state index is 12.8. The summed E-state index contributed by atoms with van der Waals surface area (Å²) in [5.41, 5.74) is 3.92. The van der Waals surface area contributed by atoms with E-state index in [2.05, 4.69) is 10.3 Å². The fourth-order valence-corrected chi connectivity index (χ4v) is 4.86. The quantitative estimate of drug-likeness (QED) is 0.581. The van der Waals surface area contributed by atoms with E-state index < -0.39 is 12.0 Å². The summed E-state index contributed by atoms with van der Waals surface area (Å²) in [5, 5.41) is 12.8. The topological polar surface area (TPSA) is 82.5 Å². The molecule has 2 heterocycles. The Morgan fingerprint density at radius 1 is 1.16 bits per heavy atom. The van der Waals surface area contributed by atoms with E-state index in [-0.39, 0.29) is 5.91 Å². The number of anilines is 1. The van der Waals surface area contributed by atoms with Crippen molar-refractivity contribution in [3.63, 3.8) is 0 Å². The van der Waals surface area contributed by atoms with Crippen LogP contribution in [0.25, 0.3) is 11.1 Å². The van der Waals surface area contributed by atoms with E-state index in [1.54, 1.807) is 6.20 Å². The van der Waals surface area contributed by atoms with Gasteiger partial charge in [-0.3, -0.25) is 14.5 Å². The lowest BCUT2D eigenvalue weighted by atomic mass is 9.99. The molecule has 1 saturated heterocycles. The molecule has 1 aromatic heterocycles. The number of aliphatic carboxylic acids is 1. The van der Waals surface area contributed by atoms with E-state index in [1.807, 2.05) is 60.4 Å². The molecule has 160 valence electrons. The molecule has 6 nitrogen and oxygen atoms in total. The number of carboxylic acids is 1. The first-order chi connectivity index (χ1) is 15.0. The Kier molecular flexibility index (Phi) is 6.44. The number of benzene rings is 2. The van der Waals surface area contributed by atoms with E-state index in [9.17, 15) is 14.7 Å². The number of amides is 1. The van der Waals surface area contributed by atoms with E-state index in [4.69, 9.17) is 0 Å². The Balaban J connectivity index is 1.47. The third kappa shape index (κ3) is 4.84. The number of carbonyl (C=O) groups is 2. The maximum atomic E-state index is 12.8. The smallest absolute Gasteiger partial charge is 0.320 e. The summed E-state index contributed by atoms with van der Waals surface area (Å²) in [6.45, 7) is 3.25. The molecule has 0 saturated carbocycles. The number of rotatable bonds is 6. The molecule has 2 aromatic carbocycles. The second kappa shape index (κ2) is 9.41. The molecule has 0 radical (unpaired) electrons. The SMILES string of the molecule is Cc1c(NC(=O)c2ncc(CN3CCCCC3C(=O)O)s2)cccc1-c1ccccc1. The number of aromatic nitrogens is 1. The van der Waals surface area contributed by atoms with Crippen molar-refractivity contribution in [3.05, 3.63) is 70.2 Å². The van der Waals surface area contributed by atoms with Crippen molar-refractivity contribution in [2.24, 2.45) is 0 Å². The molecular weight excluding hydrogens is 410 g/mol. The van der Waals surface area contributed by atoms with Crippen molar-refractivity contribution in [1.82, 2.24) is 9.88 Å². The Bertz CT molecular complexity index is 1080. The molecule has 0 bridgehead atoms. The molecule has 1 aliphatic heterocycles. The number of nitrogens with zero attached hydrogens (tertiary/aromatic N) is 2. The molecule has 1 aliphatic rings. The van der Waals surface area contributed by atoms with Gasteiger partial charge in [-0.25, -0.2) is 4.98 Å². The van der Waals surface area contributed by atoms with Crippen LogP contribution in [0.5, 0.6) is 0 Å². The number of nitrogens with one attached hydrogen (secondary N) is 1. The van der Waals surface area contributed by atoms with E-state index in [1.165, 1.54) is 11.3 Å². The lowest BCUT2D eigenvalue weighted by molar-refractivity contribution is -0.144. The highest BCUT2D eigenvalue weighted by Gasteiger charge is 2.29. The predicted molar refractivity (Wildman–Crippen MR) is 122 cm³/mol. The van der Waals surface area contributed by atoms with Crippen LogP contribution in [0.1, 0.15) is 39.5 Å². The number of hydrogen-bond donors (Lipinski definition) is 2. The average molecular weight is 436 g/mol. The van der Waals surface area contributed by atoms with Gasteiger partial charge in [0.1, 0.15) is 6.04 Å². The summed E-state index contributed by atoms with van der Waals surface area (Å²) in [5.74, 6) is -1.03. The van der Waals surface area contributed by atoms with Crippen LogP contribution in [-0.2, 0) is 11.3 Å². The van der Waals surface area contributed by atoms with Crippen LogP contribution in [0.2, 0.25) is 0 Å². The molecule has 2 N–H and O–H groups in total. The largest absolute Gasteiger partial charge is 0.480 e. The minimum Gasteiger partial charge on any atom is -0.480 e. The molecule has 1 unspecified atom stereocenters. The Labute approximate surface area is 185 Å².